The van der Waals surface area contributed by atoms with Crippen molar-refractivity contribution in [2.24, 2.45) is 0 Å². The number of hydrogen-bond donors (Lipinski definition) is 0. The van der Waals surface area contributed by atoms with Gasteiger partial charge in [0.25, 0.3) is 5.91 Å². The van der Waals surface area contributed by atoms with E-state index in [1.807, 2.05) is 11.9 Å². The second-order valence-corrected chi connectivity index (χ2v) is 11.3. The Hall–Kier alpha value is -3.79. The van der Waals surface area contributed by atoms with Crippen molar-refractivity contribution in [3.63, 3.8) is 0 Å². The lowest BCUT2D eigenvalue weighted by Crippen LogP contribution is -2.49. The molecule has 2 atom stereocenters. The maximum atomic E-state index is 14.0. The molecule has 3 aliphatic heterocycles. The highest BCUT2D eigenvalue weighted by atomic mass is 19.1. The van der Waals surface area contributed by atoms with Gasteiger partial charge in [-0.25, -0.2) is 8.78 Å². The predicted octanol–water partition coefficient (Wildman–Crippen LogP) is 4.05. The van der Waals surface area contributed by atoms with Gasteiger partial charge in [0, 0.05) is 61.9 Å². The molecule has 10 heteroatoms. The van der Waals surface area contributed by atoms with Crippen LogP contribution in [0.4, 0.5) is 20.3 Å². The average molecular weight is 563 g/mol. The molecule has 2 fully saturated rings. The number of aromatic nitrogens is 2. The van der Waals surface area contributed by atoms with Gasteiger partial charge >= 0.3 is 6.01 Å². The molecule has 1 amide bonds. The highest BCUT2D eigenvalue weighted by molar-refractivity contribution is 5.97. The van der Waals surface area contributed by atoms with E-state index in [9.17, 15) is 13.6 Å². The largest absolute Gasteiger partial charge is 0.462 e. The van der Waals surface area contributed by atoms with E-state index in [0.29, 0.717) is 52.3 Å². The molecular formula is C31H36F2N6O2. The summed E-state index contributed by atoms with van der Waals surface area (Å²) in [5, 5.41) is 2.44. The summed E-state index contributed by atoms with van der Waals surface area (Å²) in [6.45, 7) is 9.20. The second kappa shape index (κ2) is 11.2. The molecule has 1 aromatic heterocycles. The van der Waals surface area contributed by atoms with Crippen molar-refractivity contribution in [3.05, 3.63) is 65.6 Å². The number of fused-ring (bicyclic) bond motifs is 2. The third-order valence-corrected chi connectivity index (χ3v) is 8.60. The average Bonchev–Trinajstić information content (AvgIpc) is 3.31. The molecule has 3 aliphatic rings. The summed E-state index contributed by atoms with van der Waals surface area (Å²) in [7, 11) is 1.91. The lowest BCUT2D eigenvalue weighted by molar-refractivity contribution is -0.128. The Morgan fingerprint density at radius 2 is 1.83 bits per heavy atom. The number of hydrogen-bond acceptors (Lipinski definition) is 7. The van der Waals surface area contributed by atoms with Crippen LogP contribution in [0, 0.1) is 6.92 Å². The van der Waals surface area contributed by atoms with Crippen LogP contribution in [0.2, 0.25) is 0 Å². The highest BCUT2D eigenvalue weighted by Gasteiger charge is 2.32. The van der Waals surface area contributed by atoms with Gasteiger partial charge in [-0.2, -0.15) is 9.97 Å². The molecule has 0 spiro atoms. The minimum atomic E-state index is -0.940. The van der Waals surface area contributed by atoms with Gasteiger partial charge in [-0.3, -0.25) is 9.69 Å². The lowest BCUT2D eigenvalue weighted by Gasteiger charge is -2.38. The molecule has 0 radical (unpaired) electrons. The van der Waals surface area contributed by atoms with Gasteiger partial charge in [0.05, 0.1) is 12.2 Å². The minimum absolute atomic E-state index is 0.0356. The van der Waals surface area contributed by atoms with E-state index in [1.165, 1.54) is 26.9 Å². The first-order chi connectivity index (χ1) is 19.8. The van der Waals surface area contributed by atoms with Crippen molar-refractivity contribution in [2.75, 3.05) is 62.7 Å². The third kappa shape index (κ3) is 5.45. The van der Waals surface area contributed by atoms with Crippen LogP contribution in [0.25, 0.3) is 10.8 Å². The van der Waals surface area contributed by atoms with Crippen molar-refractivity contribution in [1.82, 2.24) is 19.8 Å². The Bertz CT molecular complexity index is 1470. The molecule has 41 heavy (non-hydrogen) atoms. The van der Waals surface area contributed by atoms with Crippen LogP contribution in [-0.4, -0.2) is 90.8 Å². The number of benzene rings is 2. The zero-order chi connectivity index (χ0) is 28.7. The summed E-state index contributed by atoms with van der Waals surface area (Å²) in [5.41, 5.74) is 4.38. The zero-order valence-corrected chi connectivity index (χ0v) is 23.7. The number of carbonyl (C=O) groups excluding carboxylic acids is 1. The van der Waals surface area contributed by atoms with Crippen LogP contribution in [0.5, 0.6) is 6.01 Å². The van der Waals surface area contributed by atoms with E-state index in [4.69, 9.17) is 14.7 Å². The summed E-state index contributed by atoms with van der Waals surface area (Å²) >= 11 is 0. The fraction of sp³-hybridized carbons (Fsp3) is 0.452. The number of likely N-dealkylation sites (tertiary alicyclic amines) is 1. The monoisotopic (exact) mass is 562 g/mol. The SMILES string of the molecule is C=C(F)C(=O)N1CCN(c2nc(OC[C@@H]3C[C@@H](F)CN3C)nc3c2CCN(c2cccc4cccc(C)c24)C3)CC1. The number of alkyl halides is 1. The first kappa shape index (κ1) is 27.4. The van der Waals surface area contributed by atoms with Gasteiger partial charge < -0.3 is 19.4 Å². The molecule has 0 N–H and O–H groups in total. The summed E-state index contributed by atoms with van der Waals surface area (Å²) in [6.07, 6.45) is 0.326. The molecule has 0 bridgehead atoms. The minimum Gasteiger partial charge on any atom is -0.462 e. The number of rotatable bonds is 6. The Kier molecular flexibility index (Phi) is 7.50. The lowest BCUT2D eigenvalue weighted by atomic mass is 9.99. The van der Waals surface area contributed by atoms with Crippen LogP contribution in [-0.2, 0) is 17.8 Å². The summed E-state index contributed by atoms with van der Waals surface area (Å²) < 4.78 is 33.6. The maximum absolute atomic E-state index is 14.0. The second-order valence-electron chi connectivity index (χ2n) is 11.3. The number of aryl methyl sites for hydroxylation is 1. The van der Waals surface area contributed by atoms with E-state index in [2.05, 4.69) is 59.7 Å². The molecular weight excluding hydrogens is 526 g/mol. The van der Waals surface area contributed by atoms with Gasteiger partial charge in [0.1, 0.15) is 18.6 Å². The van der Waals surface area contributed by atoms with E-state index < -0.39 is 17.9 Å². The van der Waals surface area contributed by atoms with Crippen molar-refractivity contribution in [3.8, 4) is 6.01 Å². The highest BCUT2D eigenvalue weighted by Crippen LogP contribution is 2.35. The topological polar surface area (TPSA) is 65.0 Å². The molecule has 2 saturated heterocycles. The molecule has 0 saturated carbocycles. The number of halogens is 2. The molecule has 0 unspecified atom stereocenters. The number of anilines is 2. The maximum Gasteiger partial charge on any atom is 0.318 e. The van der Waals surface area contributed by atoms with Crippen molar-refractivity contribution < 1.29 is 18.3 Å². The molecule has 2 aromatic carbocycles. The van der Waals surface area contributed by atoms with Crippen molar-refractivity contribution >= 4 is 28.2 Å². The quantitative estimate of drug-likeness (QED) is 0.420. The molecule has 216 valence electrons. The zero-order valence-electron chi connectivity index (χ0n) is 23.7. The molecule has 8 nitrogen and oxygen atoms in total. The molecule has 0 aliphatic carbocycles. The molecule has 3 aromatic rings. The van der Waals surface area contributed by atoms with Gasteiger partial charge in [-0.15, -0.1) is 0 Å². The van der Waals surface area contributed by atoms with Gasteiger partial charge in [-0.1, -0.05) is 36.9 Å². The van der Waals surface area contributed by atoms with Crippen LogP contribution < -0.4 is 14.5 Å². The van der Waals surface area contributed by atoms with E-state index >= 15 is 0 Å². The number of amides is 1. The Morgan fingerprint density at radius 1 is 1.07 bits per heavy atom. The molecule has 6 rings (SSSR count). The fourth-order valence-corrected chi connectivity index (χ4v) is 6.36. The smallest absolute Gasteiger partial charge is 0.318 e. The Labute approximate surface area is 239 Å². The normalized spacial score (nSPS) is 21.3. The third-order valence-electron chi connectivity index (χ3n) is 8.60. The van der Waals surface area contributed by atoms with Gasteiger partial charge in [0.15, 0.2) is 5.83 Å². The first-order valence-corrected chi connectivity index (χ1v) is 14.3. The fourth-order valence-electron chi connectivity index (χ4n) is 6.36. The van der Waals surface area contributed by atoms with Crippen LogP contribution in [0.3, 0.4) is 0 Å². The summed E-state index contributed by atoms with van der Waals surface area (Å²) in [5.74, 6) is -0.802. The number of ether oxygens (including phenoxy) is 1. The van der Waals surface area contributed by atoms with Gasteiger partial charge in [0.2, 0.25) is 0 Å². The van der Waals surface area contributed by atoms with Crippen molar-refractivity contribution in [2.45, 2.75) is 38.5 Å². The van der Waals surface area contributed by atoms with Crippen LogP contribution in [0.15, 0.2) is 48.8 Å². The van der Waals surface area contributed by atoms with Crippen LogP contribution in [0.1, 0.15) is 23.2 Å². The summed E-state index contributed by atoms with van der Waals surface area (Å²) in [4.78, 5) is 29.8. The van der Waals surface area contributed by atoms with Gasteiger partial charge in [-0.05, 0) is 43.8 Å². The van der Waals surface area contributed by atoms with E-state index in [1.54, 1.807) is 0 Å². The number of nitrogens with zero attached hydrogens (tertiary/aromatic N) is 6. The Balaban J connectivity index is 1.30. The summed E-state index contributed by atoms with van der Waals surface area (Å²) in [6, 6.07) is 13.0. The standard InChI is InChI=1S/C31H36F2N6O2/c1-20-6-4-7-22-8-5-9-27(28(20)22)39-11-10-25-26(18-39)34-31(41-19-24-16-23(33)17-36(24)3)35-29(25)37-12-14-38(15-13-37)30(40)21(2)32/h4-9,23-24H,2,10-19H2,1,3H3/t23-,24+/m1/s1. The van der Waals surface area contributed by atoms with Crippen LogP contribution >= 0.6 is 0 Å². The number of likely N-dealkylation sites (N-methyl/N-ethyl adjacent to an activating group) is 1. The number of piperazine rings is 1. The van der Waals surface area contributed by atoms with Crippen molar-refractivity contribution in [1.29, 1.82) is 0 Å². The van der Waals surface area contributed by atoms with E-state index in [0.717, 1.165) is 30.0 Å². The Morgan fingerprint density at radius 3 is 2.54 bits per heavy atom. The molecule has 4 heterocycles. The van der Waals surface area contributed by atoms with E-state index in [-0.39, 0.29) is 12.1 Å². The predicted molar refractivity (Wildman–Crippen MR) is 156 cm³/mol. The first-order valence-electron chi connectivity index (χ1n) is 14.3. The number of carbonyl (C=O) groups is 1.